The third kappa shape index (κ3) is 9.58. The highest BCUT2D eigenvalue weighted by molar-refractivity contribution is 5.76. The van der Waals surface area contributed by atoms with E-state index in [0.29, 0.717) is 18.1 Å². The van der Waals surface area contributed by atoms with Crippen molar-refractivity contribution < 1.29 is 13.9 Å². The van der Waals surface area contributed by atoms with Crippen LogP contribution in [0.2, 0.25) is 0 Å². The van der Waals surface area contributed by atoms with E-state index in [1.807, 2.05) is 0 Å². The van der Waals surface area contributed by atoms with Crippen LogP contribution in [-0.2, 0) is 24.2 Å². The van der Waals surface area contributed by atoms with Crippen molar-refractivity contribution in [2.24, 2.45) is 11.7 Å². The van der Waals surface area contributed by atoms with Gasteiger partial charge in [-0.3, -0.25) is 9.69 Å². The van der Waals surface area contributed by atoms with E-state index in [9.17, 15) is 9.18 Å². The van der Waals surface area contributed by atoms with E-state index in [1.165, 1.54) is 28.3 Å². The van der Waals surface area contributed by atoms with Crippen LogP contribution in [0.1, 0.15) is 54.0 Å². The molecule has 5 heteroatoms. The number of hydrogen-bond donors (Lipinski definition) is 1. The van der Waals surface area contributed by atoms with Gasteiger partial charge in [0.2, 0.25) is 5.91 Å². The predicted molar refractivity (Wildman–Crippen MR) is 164 cm³/mol. The van der Waals surface area contributed by atoms with E-state index >= 15 is 0 Å². The van der Waals surface area contributed by atoms with E-state index in [0.717, 1.165) is 32.5 Å². The number of nitrogens with two attached hydrogens (primary N) is 1. The average molecular weight is 553 g/mol. The predicted octanol–water partition coefficient (Wildman–Crippen LogP) is 7.16. The Morgan fingerprint density at radius 2 is 1.41 bits per heavy atom. The Bertz CT molecular complexity index is 1320. The molecule has 0 aromatic heterocycles. The first-order valence-electron chi connectivity index (χ1n) is 14.5. The molecule has 0 aliphatic heterocycles. The van der Waals surface area contributed by atoms with E-state index in [-0.39, 0.29) is 18.1 Å². The van der Waals surface area contributed by atoms with Crippen molar-refractivity contribution in [2.45, 2.75) is 45.6 Å². The molecule has 0 unspecified atom stereocenters. The lowest BCUT2D eigenvalue weighted by Gasteiger charge is -2.28. The summed E-state index contributed by atoms with van der Waals surface area (Å²) < 4.78 is 20.4. The first kappa shape index (κ1) is 30.0. The quantitative estimate of drug-likeness (QED) is 0.159. The summed E-state index contributed by atoms with van der Waals surface area (Å²) >= 11 is 0. The van der Waals surface area contributed by atoms with Gasteiger partial charge in [-0.15, -0.1) is 0 Å². The average Bonchev–Trinajstić information content (AvgIpc) is 2.96. The number of hydrogen-bond acceptors (Lipinski definition) is 3. The number of benzene rings is 4. The van der Waals surface area contributed by atoms with Crippen LogP contribution >= 0.6 is 0 Å². The van der Waals surface area contributed by atoms with Gasteiger partial charge < -0.3 is 10.5 Å². The molecule has 4 nitrogen and oxygen atoms in total. The van der Waals surface area contributed by atoms with Crippen LogP contribution in [0.25, 0.3) is 0 Å². The second kappa shape index (κ2) is 15.2. The third-order valence-electron chi connectivity index (χ3n) is 7.17. The number of carbonyl (C=O) groups excluding carboxylic acids is 1. The summed E-state index contributed by atoms with van der Waals surface area (Å²) in [6.45, 7) is 7.33. The molecule has 0 aliphatic rings. The maximum Gasteiger partial charge on any atom is 0.221 e. The molecule has 0 saturated heterocycles. The number of carbonyl (C=O) groups is 1. The van der Waals surface area contributed by atoms with Gasteiger partial charge in [-0.2, -0.15) is 0 Å². The highest BCUT2D eigenvalue weighted by Gasteiger charge is 2.19. The van der Waals surface area contributed by atoms with Crippen LogP contribution < -0.4 is 10.5 Å². The fourth-order valence-electron chi connectivity index (χ4n) is 5.22. The van der Waals surface area contributed by atoms with E-state index in [1.54, 1.807) is 12.1 Å². The molecule has 214 valence electrons. The fourth-order valence-corrected chi connectivity index (χ4v) is 5.22. The summed E-state index contributed by atoms with van der Waals surface area (Å²) in [6.07, 6.45) is 1.82. The summed E-state index contributed by atoms with van der Waals surface area (Å²) in [6, 6.07) is 34.8. The van der Waals surface area contributed by atoms with Gasteiger partial charge in [-0.05, 0) is 58.7 Å². The first-order valence-corrected chi connectivity index (χ1v) is 14.5. The normalized spacial score (nSPS) is 11.4. The minimum atomic E-state index is -0.489. The van der Waals surface area contributed by atoms with Crippen LogP contribution in [-0.4, -0.2) is 30.5 Å². The molecule has 2 N–H and O–H groups in total. The minimum Gasteiger partial charge on any atom is -0.490 e. The number of amides is 1. The number of ether oxygens (including phenoxy) is 1. The number of halogens is 1. The lowest BCUT2D eigenvalue weighted by molar-refractivity contribution is -0.117. The molecule has 0 radical (unpaired) electrons. The lowest BCUT2D eigenvalue weighted by Crippen LogP contribution is -2.30. The van der Waals surface area contributed by atoms with Gasteiger partial charge in [0.05, 0.1) is 13.0 Å². The van der Waals surface area contributed by atoms with Crippen molar-refractivity contribution in [1.29, 1.82) is 0 Å². The van der Waals surface area contributed by atoms with Gasteiger partial charge in [-0.1, -0.05) is 105 Å². The third-order valence-corrected chi connectivity index (χ3v) is 7.17. The molecule has 4 aromatic carbocycles. The molecule has 0 saturated carbocycles. The van der Waals surface area contributed by atoms with Gasteiger partial charge in [-0.25, -0.2) is 4.39 Å². The van der Waals surface area contributed by atoms with Crippen molar-refractivity contribution in [3.8, 4) is 5.75 Å². The van der Waals surface area contributed by atoms with E-state index in [2.05, 4.69) is 104 Å². The molecule has 41 heavy (non-hydrogen) atoms. The maximum absolute atomic E-state index is 14.5. The molecule has 0 heterocycles. The Balaban J connectivity index is 1.47. The van der Waals surface area contributed by atoms with Crippen molar-refractivity contribution in [3.05, 3.63) is 137 Å². The van der Waals surface area contributed by atoms with E-state index < -0.39 is 11.7 Å². The molecule has 0 atom stereocenters. The van der Waals surface area contributed by atoms with Gasteiger partial charge in [0, 0.05) is 25.6 Å². The number of primary amides is 1. The number of nitrogens with zero attached hydrogens (tertiary/aromatic N) is 1. The molecule has 0 aliphatic carbocycles. The highest BCUT2D eigenvalue weighted by atomic mass is 19.1. The molecule has 1 amide bonds. The van der Waals surface area contributed by atoms with Gasteiger partial charge in [0.15, 0.2) is 11.6 Å². The van der Waals surface area contributed by atoms with Gasteiger partial charge in [0.1, 0.15) is 0 Å². The molecule has 4 aromatic rings. The summed E-state index contributed by atoms with van der Waals surface area (Å²) in [4.78, 5) is 13.6. The Hall–Kier alpha value is -3.96. The molecular formula is C36H41FN2O2. The monoisotopic (exact) mass is 552 g/mol. The zero-order valence-electron chi connectivity index (χ0n) is 24.1. The van der Waals surface area contributed by atoms with Crippen LogP contribution in [0.3, 0.4) is 0 Å². The van der Waals surface area contributed by atoms with E-state index in [4.69, 9.17) is 10.5 Å². The SMILES string of the molecule is CC(C)Cc1ccc(CN(CCCOc2ccc(CC(N)=O)cc2F)CC(c2ccccc2)c2ccccc2)cc1. The Morgan fingerprint density at radius 1 is 0.829 bits per heavy atom. The Labute approximate surface area is 244 Å². The second-order valence-corrected chi connectivity index (χ2v) is 11.1. The van der Waals surface area contributed by atoms with Crippen molar-refractivity contribution in [3.63, 3.8) is 0 Å². The standard InChI is InChI=1S/C36H41FN2O2/c1-27(2)22-28-14-16-29(17-15-28)25-39(20-9-21-41-35-19-18-30(23-34(35)37)24-36(38)40)26-33(31-10-5-3-6-11-31)32-12-7-4-8-13-32/h3-8,10-19,23,27,33H,9,20-22,24-26H2,1-2H3,(H2,38,40). The van der Waals surface area contributed by atoms with Crippen LogP contribution in [0.5, 0.6) is 5.75 Å². The second-order valence-electron chi connectivity index (χ2n) is 11.1. The largest absolute Gasteiger partial charge is 0.490 e. The Morgan fingerprint density at radius 3 is 1.98 bits per heavy atom. The fraction of sp³-hybridized carbons (Fsp3) is 0.306. The zero-order chi connectivity index (χ0) is 29.0. The molecule has 0 spiro atoms. The molecule has 0 fully saturated rings. The molecule has 4 rings (SSSR count). The van der Waals surface area contributed by atoms with Gasteiger partial charge >= 0.3 is 0 Å². The first-order chi connectivity index (χ1) is 19.9. The van der Waals surface area contributed by atoms with Crippen LogP contribution in [0.15, 0.2) is 103 Å². The summed E-state index contributed by atoms with van der Waals surface area (Å²) in [5.41, 5.74) is 11.0. The lowest BCUT2D eigenvalue weighted by atomic mass is 9.90. The van der Waals surface area contributed by atoms with Gasteiger partial charge in [0.25, 0.3) is 0 Å². The number of rotatable bonds is 15. The van der Waals surface area contributed by atoms with Crippen LogP contribution in [0, 0.1) is 11.7 Å². The van der Waals surface area contributed by atoms with Crippen LogP contribution in [0.4, 0.5) is 4.39 Å². The zero-order valence-corrected chi connectivity index (χ0v) is 24.1. The summed E-state index contributed by atoms with van der Waals surface area (Å²) in [5, 5.41) is 0. The highest BCUT2D eigenvalue weighted by Crippen LogP contribution is 2.27. The smallest absolute Gasteiger partial charge is 0.221 e. The Kier molecular flexibility index (Phi) is 11.1. The summed E-state index contributed by atoms with van der Waals surface area (Å²) in [7, 11) is 0. The summed E-state index contributed by atoms with van der Waals surface area (Å²) in [5.74, 6) is 0.0668. The maximum atomic E-state index is 14.5. The minimum absolute atomic E-state index is 0.00854. The molecule has 0 bridgehead atoms. The van der Waals surface area contributed by atoms with Crippen molar-refractivity contribution >= 4 is 5.91 Å². The topological polar surface area (TPSA) is 55.6 Å². The van der Waals surface area contributed by atoms with Crippen molar-refractivity contribution in [2.75, 3.05) is 19.7 Å². The van der Waals surface area contributed by atoms with Crippen molar-refractivity contribution in [1.82, 2.24) is 4.90 Å². The molecular weight excluding hydrogens is 511 g/mol.